The van der Waals surface area contributed by atoms with Crippen LogP contribution < -0.4 is 5.14 Å². The summed E-state index contributed by atoms with van der Waals surface area (Å²) in [6.07, 6.45) is 1.66. The standard InChI is InChI=1S/C21H15BrN2O4S3/c22-15-3-1-2-13(10-15)12-24-20(25)19(30-21(24)29)11-16-6-9-18(28-16)14-4-7-17(8-5-14)31(23,26)27/h1-11H,12H2,(H2,23,26,27). The number of nitrogens with two attached hydrogens (primary N) is 1. The first-order chi connectivity index (χ1) is 14.7. The number of halogens is 1. The van der Waals surface area contributed by atoms with Gasteiger partial charge in [-0.25, -0.2) is 13.6 Å². The Morgan fingerprint density at radius 3 is 2.55 bits per heavy atom. The van der Waals surface area contributed by atoms with Gasteiger partial charge in [0.05, 0.1) is 16.3 Å². The van der Waals surface area contributed by atoms with Crippen LogP contribution in [0, 0.1) is 0 Å². The Balaban J connectivity index is 1.52. The maximum Gasteiger partial charge on any atom is 0.266 e. The molecule has 0 saturated carbocycles. The van der Waals surface area contributed by atoms with Crippen LogP contribution in [0.1, 0.15) is 11.3 Å². The SMILES string of the molecule is NS(=O)(=O)c1ccc(-c2ccc(C=C3SC(=S)N(Cc4cccc(Br)c4)C3=O)o2)cc1. The molecule has 1 aliphatic rings. The lowest BCUT2D eigenvalue weighted by Gasteiger charge is -2.14. The Labute approximate surface area is 197 Å². The van der Waals surface area contributed by atoms with Gasteiger partial charge in [-0.15, -0.1) is 0 Å². The van der Waals surface area contributed by atoms with Gasteiger partial charge in [0.25, 0.3) is 5.91 Å². The molecule has 2 heterocycles. The van der Waals surface area contributed by atoms with Crippen LogP contribution in [0.3, 0.4) is 0 Å². The van der Waals surface area contributed by atoms with E-state index >= 15 is 0 Å². The summed E-state index contributed by atoms with van der Waals surface area (Å²) >= 11 is 10.1. The zero-order valence-corrected chi connectivity index (χ0v) is 19.9. The van der Waals surface area contributed by atoms with Crippen molar-refractivity contribution < 1.29 is 17.6 Å². The minimum atomic E-state index is -3.75. The van der Waals surface area contributed by atoms with Crippen LogP contribution in [0.5, 0.6) is 0 Å². The van der Waals surface area contributed by atoms with Crippen molar-refractivity contribution in [1.29, 1.82) is 0 Å². The number of rotatable bonds is 5. The lowest BCUT2D eigenvalue weighted by atomic mass is 10.2. The molecule has 0 unspecified atom stereocenters. The summed E-state index contributed by atoms with van der Waals surface area (Å²) in [5.74, 6) is 0.857. The van der Waals surface area contributed by atoms with Crippen molar-refractivity contribution in [1.82, 2.24) is 4.90 Å². The molecule has 0 aliphatic carbocycles. The highest BCUT2D eigenvalue weighted by atomic mass is 79.9. The molecule has 0 atom stereocenters. The third-order valence-electron chi connectivity index (χ3n) is 4.47. The summed E-state index contributed by atoms with van der Waals surface area (Å²) in [4.78, 5) is 14.9. The van der Waals surface area contributed by atoms with Crippen LogP contribution in [-0.4, -0.2) is 23.5 Å². The van der Waals surface area contributed by atoms with Gasteiger partial charge in [0.15, 0.2) is 0 Å². The van der Waals surface area contributed by atoms with Gasteiger partial charge in [-0.3, -0.25) is 9.69 Å². The van der Waals surface area contributed by atoms with E-state index in [1.807, 2.05) is 24.3 Å². The Morgan fingerprint density at radius 2 is 1.87 bits per heavy atom. The van der Waals surface area contributed by atoms with Gasteiger partial charge >= 0.3 is 0 Å². The van der Waals surface area contributed by atoms with Crippen LogP contribution in [0.2, 0.25) is 0 Å². The fourth-order valence-corrected chi connectivity index (χ4v) is 5.18. The smallest absolute Gasteiger partial charge is 0.266 e. The van der Waals surface area contributed by atoms with E-state index in [0.29, 0.717) is 32.9 Å². The molecule has 2 aromatic carbocycles. The number of furan rings is 1. The Morgan fingerprint density at radius 1 is 1.13 bits per heavy atom. The molecule has 1 aromatic heterocycles. The van der Waals surface area contributed by atoms with Crippen molar-refractivity contribution in [2.45, 2.75) is 11.4 Å². The fourth-order valence-electron chi connectivity index (χ4n) is 2.98. The lowest BCUT2D eigenvalue weighted by Crippen LogP contribution is -2.27. The van der Waals surface area contributed by atoms with E-state index < -0.39 is 10.0 Å². The third kappa shape index (κ3) is 4.99. The Kier molecular flexibility index (Phi) is 6.18. The van der Waals surface area contributed by atoms with Crippen LogP contribution in [0.25, 0.3) is 17.4 Å². The number of amides is 1. The van der Waals surface area contributed by atoms with Crippen LogP contribution in [0.15, 0.2) is 79.4 Å². The van der Waals surface area contributed by atoms with Gasteiger partial charge < -0.3 is 4.42 Å². The second kappa shape index (κ2) is 8.71. The summed E-state index contributed by atoms with van der Waals surface area (Å²) in [5.41, 5.74) is 1.66. The summed E-state index contributed by atoms with van der Waals surface area (Å²) < 4.78 is 30.0. The number of primary sulfonamides is 1. The van der Waals surface area contributed by atoms with Crippen LogP contribution in [0.4, 0.5) is 0 Å². The van der Waals surface area contributed by atoms with Crippen molar-refractivity contribution in [3.63, 3.8) is 0 Å². The van der Waals surface area contributed by atoms with E-state index in [9.17, 15) is 13.2 Å². The predicted octanol–water partition coefficient (Wildman–Crippen LogP) is 4.76. The lowest BCUT2D eigenvalue weighted by molar-refractivity contribution is -0.122. The molecule has 2 N–H and O–H groups in total. The number of nitrogens with zero attached hydrogens (tertiary/aromatic N) is 1. The number of thiocarbonyl (C=S) groups is 1. The molecule has 0 bridgehead atoms. The molecule has 1 amide bonds. The molecule has 1 aliphatic heterocycles. The molecule has 0 spiro atoms. The summed E-state index contributed by atoms with van der Waals surface area (Å²) in [7, 11) is -3.75. The van der Waals surface area contributed by atoms with Gasteiger partial charge in [-0.2, -0.15) is 0 Å². The molecule has 10 heteroatoms. The summed E-state index contributed by atoms with van der Waals surface area (Å²) in [5, 5.41) is 5.12. The highest BCUT2D eigenvalue weighted by Crippen LogP contribution is 2.34. The topological polar surface area (TPSA) is 93.6 Å². The molecule has 0 radical (unpaired) electrons. The first-order valence-electron chi connectivity index (χ1n) is 8.93. The van der Waals surface area contributed by atoms with Gasteiger partial charge in [0.2, 0.25) is 10.0 Å². The fraction of sp³-hybridized carbons (Fsp3) is 0.0476. The van der Waals surface area contributed by atoms with Crippen molar-refractivity contribution in [2.24, 2.45) is 5.14 Å². The zero-order valence-electron chi connectivity index (χ0n) is 15.8. The van der Waals surface area contributed by atoms with E-state index in [-0.39, 0.29) is 10.8 Å². The third-order valence-corrected chi connectivity index (χ3v) is 7.27. The van der Waals surface area contributed by atoms with Crippen LogP contribution in [-0.2, 0) is 21.4 Å². The van der Waals surface area contributed by atoms with Gasteiger partial charge in [-0.1, -0.05) is 52.0 Å². The monoisotopic (exact) mass is 534 g/mol. The van der Waals surface area contributed by atoms with Crippen molar-refractivity contribution in [3.05, 3.63) is 81.4 Å². The van der Waals surface area contributed by atoms with E-state index in [4.69, 9.17) is 21.8 Å². The van der Waals surface area contributed by atoms with Crippen molar-refractivity contribution in [2.75, 3.05) is 0 Å². The highest BCUT2D eigenvalue weighted by Gasteiger charge is 2.32. The van der Waals surface area contributed by atoms with Crippen molar-refractivity contribution in [3.8, 4) is 11.3 Å². The number of carbonyl (C=O) groups excluding carboxylic acids is 1. The van der Waals surface area contributed by atoms with Crippen LogP contribution >= 0.6 is 39.9 Å². The number of hydrogen-bond acceptors (Lipinski definition) is 6. The van der Waals surface area contributed by atoms with Gasteiger partial charge in [0.1, 0.15) is 15.8 Å². The molecule has 158 valence electrons. The number of carbonyl (C=O) groups is 1. The number of thioether (sulfide) groups is 1. The van der Waals surface area contributed by atoms with Gasteiger partial charge in [0, 0.05) is 16.1 Å². The molecular weight excluding hydrogens is 520 g/mol. The summed E-state index contributed by atoms with van der Waals surface area (Å²) in [6, 6.07) is 17.3. The first-order valence-corrected chi connectivity index (χ1v) is 12.5. The quantitative estimate of drug-likeness (QED) is 0.374. The Hall–Kier alpha value is -2.24. The molecule has 1 saturated heterocycles. The van der Waals surface area contributed by atoms with Crippen molar-refractivity contribution >= 4 is 66.2 Å². The highest BCUT2D eigenvalue weighted by molar-refractivity contribution is 9.10. The van der Waals surface area contributed by atoms with E-state index in [1.165, 1.54) is 23.9 Å². The molecule has 3 aromatic rings. The van der Waals surface area contributed by atoms with E-state index in [0.717, 1.165) is 10.0 Å². The zero-order chi connectivity index (χ0) is 22.2. The molecule has 31 heavy (non-hydrogen) atoms. The van der Waals surface area contributed by atoms with Gasteiger partial charge in [-0.05, 0) is 54.1 Å². The average molecular weight is 535 g/mol. The number of sulfonamides is 1. The molecule has 4 rings (SSSR count). The Bertz CT molecular complexity index is 1310. The average Bonchev–Trinajstić information content (AvgIpc) is 3.28. The number of hydrogen-bond donors (Lipinski definition) is 1. The van der Waals surface area contributed by atoms with E-state index in [2.05, 4.69) is 15.9 Å². The maximum absolute atomic E-state index is 12.8. The first kappa shape index (κ1) is 22.0. The summed E-state index contributed by atoms with van der Waals surface area (Å²) in [6.45, 7) is 0.390. The second-order valence-corrected chi connectivity index (χ2v) is 10.8. The number of benzene rings is 2. The van der Waals surface area contributed by atoms with E-state index in [1.54, 1.807) is 35.2 Å². The molecular formula is C21H15BrN2O4S3. The molecule has 1 fully saturated rings. The second-order valence-electron chi connectivity index (χ2n) is 6.67. The molecule has 6 nitrogen and oxygen atoms in total. The minimum Gasteiger partial charge on any atom is -0.457 e. The minimum absolute atomic E-state index is 0.0251. The normalized spacial score (nSPS) is 15.8. The predicted molar refractivity (Wildman–Crippen MR) is 128 cm³/mol. The maximum atomic E-state index is 12.8. The largest absolute Gasteiger partial charge is 0.457 e.